The molecule has 15 aromatic rings. The lowest BCUT2D eigenvalue weighted by molar-refractivity contribution is 0.590. The predicted octanol–water partition coefficient (Wildman–Crippen LogP) is 21.1. The van der Waals surface area contributed by atoms with Gasteiger partial charge in [-0.15, -0.1) is 0 Å². The maximum Gasteiger partial charge on any atom is 0.252 e. The quantitative estimate of drug-likeness (QED) is 0.142. The maximum absolute atomic E-state index is 6.50. The lowest BCUT2D eigenvalue weighted by Gasteiger charge is -2.46. The minimum Gasteiger partial charge on any atom is -0.456 e. The first-order valence-corrected chi connectivity index (χ1v) is 31.8. The van der Waals surface area contributed by atoms with E-state index in [0.29, 0.717) is 0 Å². The van der Waals surface area contributed by atoms with Crippen LogP contribution in [0.2, 0.25) is 0 Å². The summed E-state index contributed by atoms with van der Waals surface area (Å²) >= 11 is 0. The molecule has 0 bridgehead atoms. The monoisotopic (exact) mass is 1170 g/mol. The first kappa shape index (κ1) is 54.2. The highest BCUT2D eigenvalue weighted by Crippen LogP contribution is 2.54. The lowest BCUT2D eigenvalue weighted by Crippen LogP contribution is -2.61. The smallest absolute Gasteiger partial charge is 0.252 e. The Morgan fingerprint density at radius 1 is 0.330 bits per heavy atom. The van der Waals surface area contributed by atoms with Crippen molar-refractivity contribution in [1.82, 2.24) is 9.55 Å². The molecule has 0 amide bonds. The summed E-state index contributed by atoms with van der Waals surface area (Å²) in [6, 6.07) is 105. The summed E-state index contributed by atoms with van der Waals surface area (Å²) in [5.41, 5.74) is 27.8. The molecule has 91 heavy (non-hydrogen) atoms. The molecule has 6 heteroatoms. The molecule has 0 saturated carbocycles. The first-order valence-electron chi connectivity index (χ1n) is 31.8. The van der Waals surface area contributed by atoms with Gasteiger partial charge in [-0.2, -0.15) is 0 Å². The average Bonchev–Trinajstić information content (AvgIpc) is 1.38. The molecule has 0 atom stereocenters. The van der Waals surface area contributed by atoms with Gasteiger partial charge in [0.25, 0.3) is 6.71 Å². The van der Waals surface area contributed by atoms with E-state index in [1.807, 2.05) is 6.07 Å². The molecule has 2 aliphatic heterocycles. The molecule has 5 nitrogen and oxygen atoms in total. The normalized spacial score (nSPS) is 12.9. The van der Waals surface area contributed by atoms with Gasteiger partial charge < -0.3 is 14.2 Å². The molecule has 12 aromatic carbocycles. The van der Waals surface area contributed by atoms with Gasteiger partial charge in [-0.05, 0) is 127 Å². The van der Waals surface area contributed by atoms with Crippen molar-refractivity contribution in [2.24, 2.45) is 0 Å². The summed E-state index contributed by atoms with van der Waals surface area (Å²) in [6.45, 7) is 13.9. The lowest BCUT2D eigenvalue weighted by atomic mass is 9.33. The summed E-state index contributed by atoms with van der Waals surface area (Å²) in [4.78, 5) is 11.1. The van der Waals surface area contributed by atoms with Crippen molar-refractivity contribution in [1.29, 1.82) is 0 Å². The Morgan fingerprint density at radius 3 is 1.41 bits per heavy atom. The van der Waals surface area contributed by atoms with Crippen molar-refractivity contribution < 1.29 is 4.42 Å². The van der Waals surface area contributed by atoms with Crippen LogP contribution in [0.3, 0.4) is 0 Å². The van der Waals surface area contributed by atoms with Gasteiger partial charge in [0, 0.05) is 66.5 Å². The third-order valence-electron chi connectivity index (χ3n) is 19.1. The van der Waals surface area contributed by atoms with Gasteiger partial charge in [0.2, 0.25) is 0 Å². The third kappa shape index (κ3) is 8.79. The molecule has 0 unspecified atom stereocenters. The van der Waals surface area contributed by atoms with Gasteiger partial charge >= 0.3 is 0 Å². The van der Waals surface area contributed by atoms with Gasteiger partial charge in [-0.1, -0.05) is 266 Å². The second kappa shape index (κ2) is 20.8. The number of hydrogen-bond acceptors (Lipinski definition) is 4. The first-order chi connectivity index (χ1) is 44.4. The second-order valence-electron chi connectivity index (χ2n) is 26.6. The van der Waals surface area contributed by atoms with Crippen LogP contribution >= 0.6 is 0 Å². The van der Waals surface area contributed by atoms with Crippen molar-refractivity contribution in [3.63, 3.8) is 0 Å². The summed E-state index contributed by atoms with van der Waals surface area (Å²) in [6.07, 6.45) is 0. The van der Waals surface area contributed by atoms with Gasteiger partial charge in [0.05, 0.1) is 28.1 Å². The standard InChI is InChI=1S/C85H65BN4O/c1-84(2,3)59-45-46-69-75(49-59)90(83-63(56-30-15-9-16-31-56)38-24-39-64(83)57-32-17-10-18-33-57)77-51-60(85(4,5)6)50-76-81(77)86(69)70-48-58(44-47-73(70)89(76)82-61(54-26-11-7-12-27-54)36-23-37-62(82)55-28-13-8-14-29-55)71-40-25-43-80(87-71)88-72-41-21-19-34-65(72)67-53-79-68(52-74(67)88)66-35-20-22-42-78(66)91-79/h7-53H,1-6H3. The minimum absolute atomic E-state index is 0.157. The van der Waals surface area contributed by atoms with E-state index in [1.165, 1.54) is 33.2 Å². The number of rotatable bonds is 8. The Balaban J connectivity index is 0.979. The molecule has 0 spiro atoms. The molecule has 17 rings (SSSR count). The Labute approximate surface area is 531 Å². The Morgan fingerprint density at radius 2 is 0.835 bits per heavy atom. The molecule has 434 valence electrons. The number of anilines is 6. The number of furan rings is 1. The SMILES string of the molecule is CC(C)(C)c1ccc2c(c1)N(c1c(-c3ccccc3)cccc1-c1ccccc1)c1cc(C(C)(C)C)cc3c1B2c1cc(-c2cccc(-n4c5ccccc5c5cc6oc7ccccc7c6cc54)n2)ccc1N3c1c(-c2ccccc2)cccc1-c1ccccc1. The predicted molar refractivity (Wildman–Crippen MR) is 384 cm³/mol. The fourth-order valence-corrected chi connectivity index (χ4v) is 14.7. The number of nitrogens with zero attached hydrogens (tertiary/aromatic N) is 4. The van der Waals surface area contributed by atoms with Crippen molar-refractivity contribution in [3.8, 4) is 61.6 Å². The topological polar surface area (TPSA) is 37.4 Å². The summed E-state index contributed by atoms with van der Waals surface area (Å²) < 4.78 is 8.84. The molecule has 0 saturated heterocycles. The number of pyridine rings is 1. The molecule has 0 aliphatic carbocycles. The zero-order chi connectivity index (χ0) is 61.3. The van der Waals surface area contributed by atoms with Crippen LogP contribution in [0.25, 0.3) is 105 Å². The third-order valence-corrected chi connectivity index (χ3v) is 19.1. The van der Waals surface area contributed by atoms with Crippen molar-refractivity contribution in [2.45, 2.75) is 52.4 Å². The number of fused-ring (bicyclic) bond motifs is 10. The molecule has 3 aromatic heterocycles. The van der Waals surface area contributed by atoms with E-state index in [0.717, 1.165) is 134 Å². The molecular formula is C85H65BN4O. The Kier molecular flexibility index (Phi) is 12.4. The van der Waals surface area contributed by atoms with Crippen LogP contribution in [0, 0.1) is 0 Å². The number of benzene rings is 12. The molecule has 2 aliphatic rings. The molecule has 0 N–H and O–H groups in total. The largest absolute Gasteiger partial charge is 0.456 e. The zero-order valence-corrected chi connectivity index (χ0v) is 51.9. The fraction of sp³-hybridized carbons (Fsp3) is 0.0941. The van der Waals surface area contributed by atoms with Gasteiger partial charge in [0.15, 0.2) is 0 Å². The van der Waals surface area contributed by atoms with E-state index in [9.17, 15) is 0 Å². The Bertz CT molecular complexity index is 5270. The van der Waals surface area contributed by atoms with E-state index in [2.05, 4.69) is 335 Å². The Hall–Kier alpha value is -10.9. The highest BCUT2D eigenvalue weighted by Gasteiger charge is 2.46. The van der Waals surface area contributed by atoms with Crippen LogP contribution in [0.4, 0.5) is 34.1 Å². The highest BCUT2D eigenvalue weighted by molar-refractivity contribution is 7.00. The van der Waals surface area contributed by atoms with E-state index >= 15 is 0 Å². The summed E-state index contributed by atoms with van der Waals surface area (Å²) in [5.74, 6) is 0.849. The van der Waals surface area contributed by atoms with Crippen LogP contribution in [0.1, 0.15) is 52.7 Å². The van der Waals surface area contributed by atoms with E-state index in [1.54, 1.807) is 0 Å². The van der Waals surface area contributed by atoms with Gasteiger partial charge in [-0.3, -0.25) is 4.57 Å². The van der Waals surface area contributed by atoms with Crippen LogP contribution in [0.5, 0.6) is 0 Å². The van der Waals surface area contributed by atoms with E-state index in [-0.39, 0.29) is 17.5 Å². The molecule has 0 fully saturated rings. The summed E-state index contributed by atoms with van der Waals surface area (Å²) in [7, 11) is 0. The summed E-state index contributed by atoms with van der Waals surface area (Å²) in [5, 5.41) is 4.46. The van der Waals surface area contributed by atoms with Crippen molar-refractivity contribution in [3.05, 3.63) is 296 Å². The maximum atomic E-state index is 6.50. The van der Waals surface area contributed by atoms with E-state index < -0.39 is 0 Å². The zero-order valence-electron chi connectivity index (χ0n) is 51.9. The van der Waals surface area contributed by atoms with Crippen LogP contribution < -0.4 is 26.2 Å². The average molecular weight is 1170 g/mol. The van der Waals surface area contributed by atoms with Gasteiger partial charge in [-0.25, -0.2) is 4.98 Å². The van der Waals surface area contributed by atoms with Crippen LogP contribution in [0.15, 0.2) is 290 Å². The van der Waals surface area contributed by atoms with E-state index in [4.69, 9.17) is 9.40 Å². The van der Waals surface area contributed by atoms with Crippen LogP contribution in [-0.2, 0) is 10.8 Å². The minimum atomic E-state index is -0.260. The number of aromatic nitrogens is 2. The van der Waals surface area contributed by atoms with Gasteiger partial charge in [0.1, 0.15) is 17.0 Å². The molecule has 0 radical (unpaired) electrons. The number of para-hydroxylation sites is 4. The van der Waals surface area contributed by atoms with Crippen LogP contribution in [-0.4, -0.2) is 16.3 Å². The highest BCUT2D eigenvalue weighted by atomic mass is 16.3. The van der Waals surface area contributed by atoms with Crippen molar-refractivity contribution >= 4 is 101 Å². The number of hydrogen-bond donors (Lipinski definition) is 0. The fourth-order valence-electron chi connectivity index (χ4n) is 14.7. The molecular weight excluding hydrogens is 1100 g/mol. The second-order valence-corrected chi connectivity index (χ2v) is 26.6. The van der Waals surface area contributed by atoms with Crippen molar-refractivity contribution in [2.75, 3.05) is 9.80 Å². The molecule has 5 heterocycles.